The molecule has 1 aliphatic rings. The van der Waals surface area contributed by atoms with Gasteiger partial charge in [0.2, 0.25) is 0 Å². The van der Waals surface area contributed by atoms with Gasteiger partial charge in [-0.05, 0) is 19.1 Å². The van der Waals surface area contributed by atoms with Crippen LogP contribution in [-0.2, 0) is 0 Å². The first-order chi connectivity index (χ1) is 6.72. The summed E-state index contributed by atoms with van der Waals surface area (Å²) in [4.78, 5) is 11.7. The van der Waals surface area contributed by atoms with E-state index in [2.05, 4.69) is 5.32 Å². The van der Waals surface area contributed by atoms with E-state index in [1.807, 2.05) is 25.1 Å². The van der Waals surface area contributed by atoms with Crippen LogP contribution in [0.2, 0.25) is 0 Å². The summed E-state index contributed by atoms with van der Waals surface area (Å²) < 4.78 is 5.19. The molecule has 1 heterocycles. The van der Waals surface area contributed by atoms with Crippen molar-refractivity contribution in [3.05, 3.63) is 23.8 Å². The fourth-order valence-corrected chi connectivity index (χ4v) is 1.77. The lowest BCUT2D eigenvalue weighted by molar-refractivity contribution is 0.0974. The summed E-state index contributed by atoms with van der Waals surface area (Å²) in [5.74, 6) is 0.924. The highest BCUT2D eigenvalue weighted by Crippen LogP contribution is 2.33. The molecule has 0 aliphatic carbocycles. The number of rotatable bonds is 1. The second kappa shape index (κ2) is 3.33. The number of carbonyl (C=O) groups excluding carboxylic acids is 1. The number of hydrogen-bond acceptors (Lipinski definition) is 3. The summed E-state index contributed by atoms with van der Waals surface area (Å²) in [6.45, 7) is 1.99. The van der Waals surface area contributed by atoms with Gasteiger partial charge >= 0.3 is 0 Å². The van der Waals surface area contributed by atoms with Crippen LogP contribution >= 0.6 is 0 Å². The number of anilines is 1. The van der Waals surface area contributed by atoms with E-state index in [-0.39, 0.29) is 11.8 Å². The van der Waals surface area contributed by atoms with Gasteiger partial charge in [0.1, 0.15) is 5.75 Å². The minimum atomic E-state index is 0.185. The molecule has 1 aliphatic heterocycles. The van der Waals surface area contributed by atoms with E-state index in [1.54, 1.807) is 7.11 Å². The Kier molecular flexibility index (Phi) is 2.15. The molecule has 74 valence electrons. The van der Waals surface area contributed by atoms with Crippen LogP contribution in [0.1, 0.15) is 23.7 Å². The Bertz CT molecular complexity index is 374. The lowest BCUT2D eigenvalue weighted by Crippen LogP contribution is -2.26. The molecule has 0 saturated heterocycles. The zero-order chi connectivity index (χ0) is 10.1. The van der Waals surface area contributed by atoms with E-state index < -0.39 is 0 Å². The average molecular weight is 191 g/mol. The van der Waals surface area contributed by atoms with Crippen LogP contribution < -0.4 is 10.1 Å². The van der Waals surface area contributed by atoms with Crippen LogP contribution in [0.3, 0.4) is 0 Å². The van der Waals surface area contributed by atoms with E-state index in [1.165, 1.54) is 0 Å². The highest BCUT2D eigenvalue weighted by Gasteiger charge is 2.23. The maximum absolute atomic E-state index is 11.7. The molecule has 3 heteroatoms. The Morgan fingerprint density at radius 2 is 2.29 bits per heavy atom. The van der Waals surface area contributed by atoms with Crippen molar-refractivity contribution in [2.24, 2.45) is 0 Å². The smallest absolute Gasteiger partial charge is 0.167 e. The molecule has 0 amide bonds. The van der Waals surface area contributed by atoms with Crippen LogP contribution in [0.15, 0.2) is 18.2 Å². The Labute approximate surface area is 83.1 Å². The Balaban J connectivity index is 2.52. The zero-order valence-corrected chi connectivity index (χ0v) is 8.33. The van der Waals surface area contributed by atoms with Gasteiger partial charge in [0, 0.05) is 18.0 Å². The second-order valence-electron chi connectivity index (χ2n) is 3.56. The monoisotopic (exact) mass is 191 g/mol. The minimum absolute atomic E-state index is 0.185. The molecular weight excluding hydrogens is 178 g/mol. The summed E-state index contributed by atoms with van der Waals surface area (Å²) in [7, 11) is 1.61. The average Bonchev–Trinajstić information content (AvgIpc) is 2.17. The number of Topliss-reactive ketones (excluding diaryl/α,β-unsaturated/α-hetero) is 1. The Hall–Kier alpha value is -1.51. The highest BCUT2D eigenvalue weighted by molar-refractivity contribution is 6.04. The van der Waals surface area contributed by atoms with Crippen molar-refractivity contribution in [3.63, 3.8) is 0 Å². The van der Waals surface area contributed by atoms with Crippen molar-refractivity contribution < 1.29 is 9.53 Å². The van der Waals surface area contributed by atoms with Crippen molar-refractivity contribution >= 4 is 11.5 Å². The molecule has 1 unspecified atom stereocenters. The molecular formula is C11H13NO2. The van der Waals surface area contributed by atoms with E-state index >= 15 is 0 Å². The van der Waals surface area contributed by atoms with Crippen molar-refractivity contribution in [2.45, 2.75) is 19.4 Å². The number of benzene rings is 1. The van der Waals surface area contributed by atoms with Crippen molar-refractivity contribution in [2.75, 3.05) is 12.4 Å². The van der Waals surface area contributed by atoms with Crippen molar-refractivity contribution in [3.8, 4) is 5.75 Å². The van der Waals surface area contributed by atoms with Gasteiger partial charge in [0.15, 0.2) is 5.78 Å². The maximum atomic E-state index is 11.7. The van der Waals surface area contributed by atoms with Crippen LogP contribution in [0.4, 0.5) is 5.69 Å². The number of ketones is 1. The number of fused-ring (bicyclic) bond motifs is 1. The number of nitrogens with one attached hydrogen (secondary N) is 1. The number of methoxy groups -OCH3 is 1. The van der Waals surface area contributed by atoms with Gasteiger partial charge in [-0.3, -0.25) is 4.79 Å². The molecule has 0 fully saturated rings. The predicted molar refractivity (Wildman–Crippen MR) is 55.0 cm³/mol. The van der Waals surface area contributed by atoms with Gasteiger partial charge in [0.05, 0.1) is 12.8 Å². The molecule has 0 saturated carbocycles. The standard InChI is InChI=1S/C11H13NO2/c1-7-6-9(13)8-4-3-5-10(14-2)11(8)12-7/h3-5,7,12H,6H2,1-2H3. The summed E-state index contributed by atoms with van der Waals surface area (Å²) in [6, 6.07) is 5.72. The normalized spacial score (nSPS) is 19.9. The molecule has 0 bridgehead atoms. The largest absolute Gasteiger partial charge is 0.495 e. The van der Waals surface area contributed by atoms with E-state index in [0.29, 0.717) is 6.42 Å². The molecule has 0 radical (unpaired) electrons. The van der Waals surface area contributed by atoms with Gasteiger partial charge in [-0.25, -0.2) is 0 Å². The summed E-state index contributed by atoms with van der Waals surface area (Å²) in [6.07, 6.45) is 0.556. The summed E-state index contributed by atoms with van der Waals surface area (Å²) in [5.41, 5.74) is 1.57. The van der Waals surface area contributed by atoms with Crippen LogP contribution in [-0.4, -0.2) is 18.9 Å². The van der Waals surface area contributed by atoms with Crippen molar-refractivity contribution in [1.29, 1.82) is 0 Å². The third-order valence-corrected chi connectivity index (χ3v) is 2.43. The van der Waals surface area contributed by atoms with Gasteiger partial charge in [-0.1, -0.05) is 6.07 Å². The van der Waals surface area contributed by atoms with E-state index in [0.717, 1.165) is 17.0 Å². The molecule has 14 heavy (non-hydrogen) atoms. The maximum Gasteiger partial charge on any atom is 0.167 e. The number of hydrogen-bond donors (Lipinski definition) is 1. The molecule has 0 aromatic heterocycles. The van der Waals surface area contributed by atoms with Gasteiger partial charge in [-0.15, -0.1) is 0 Å². The third-order valence-electron chi connectivity index (χ3n) is 2.43. The molecule has 1 aromatic carbocycles. The topological polar surface area (TPSA) is 38.3 Å². The fourth-order valence-electron chi connectivity index (χ4n) is 1.77. The van der Waals surface area contributed by atoms with Crippen LogP contribution in [0.25, 0.3) is 0 Å². The molecule has 0 spiro atoms. The molecule has 3 nitrogen and oxygen atoms in total. The Morgan fingerprint density at radius 1 is 1.50 bits per heavy atom. The highest BCUT2D eigenvalue weighted by atomic mass is 16.5. The first-order valence-corrected chi connectivity index (χ1v) is 4.69. The van der Waals surface area contributed by atoms with Crippen LogP contribution in [0.5, 0.6) is 5.75 Å². The SMILES string of the molecule is COc1cccc2c1NC(C)CC2=O. The van der Waals surface area contributed by atoms with Gasteiger partial charge in [0.25, 0.3) is 0 Å². The third kappa shape index (κ3) is 1.35. The van der Waals surface area contributed by atoms with Crippen molar-refractivity contribution in [1.82, 2.24) is 0 Å². The van der Waals surface area contributed by atoms with Crippen LogP contribution in [0, 0.1) is 0 Å². The Morgan fingerprint density at radius 3 is 3.00 bits per heavy atom. The minimum Gasteiger partial charge on any atom is -0.495 e. The van der Waals surface area contributed by atoms with E-state index in [9.17, 15) is 4.79 Å². The first kappa shape index (κ1) is 9.06. The molecule has 1 N–H and O–H groups in total. The lowest BCUT2D eigenvalue weighted by atomic mass is 9.97. The van der Waals surface area contributed by atoms with Gasteiger partial charge in [-0.2, -0.15) is 0 Å². The molecule has 1 atom stereocenters. The zero-order valence-electron chi connectivity index (χ0n) is 8.33. The summed E-state index contributed by atoms with van der Waals surface area (Å²) in [5, 5.41) is 3.26. The molecule has 1 aromatic rings. The van der Waals surface area contributed by atoms with E-state index in [4.69, 9.17) is 4.74 Å². The fraction of sp³-hybridized carbons (Fsp3) is 0.364. The first-order valence-electron chi connectivity index (χ1n) is 4.69. The quantitative estimate of drug-likeness (QED) is 0.738. The van der Waals surface area contributed by atoms with Gasteiger partial charge < -0.3 is 10.1 Å². The number of carbonyl (C=O) groups is 1. The number of para-hydroxylation sites is 1. The lowest BCUT2D eigenvalue weighted by Gasteiger charge is -2.24. The number of ether oxygens (including phenoxy) is 1. The molecule has 2 rings (SSSR count). The predicted octanol–water partition coefficient (Wildman–Crippen LogP) is 2.08. The summed E-state index contributed by atoms with van der Waals surface area (Å²) >= 11 is 0. The second-order valence-corrected chi connectivity index (χ2v) is 3.56.